The smallest absolute Gasteiger partial charge is 0.271 e. The van der Waals surface area contributed by atoms with Crippen LogP contribution in [0.1, 0.15) is 65.7 Å². The number of rotatable bonds is 5. The van der Waals surface area contributed by atoms with Gasteiger partial charge in [-0.25, -0.2) is 0 Å². The molecule has 1 aromatic heterocycles. The average Bonchev–Trinajstić information content (AvgIpc) is 3.16. The third-order valence-electron chi connectivity index (χ3n) is 5.54. The normalized spacial score (nSPS) is 23.1. The van der Waals surface area contributed by atoms with E-state index in [0.29, 0.717) is 12.1 Å². The number of carbonyl (C=O) groups excluding carboxylic acids is 2. The lowest BCUT2D eigenvalue weighted by Crippen LogP contribution is -2.42. The standard InChI is InChI=1S/C21H28N4O3/c1-13-11-16(9-10-19(13)26)23-21(28)18-12-17(20(27)22-3)24-25(18)14(2)15-7-5-4-6-8-15/h4-8,12-14,16,19,26H,9-11H2,1-3H3,(H,22,27)(H,23,28)/t13-,14+,16+,19-/m1/s1. The Morgan fingerprint density at radius 1 is 1.21 bits per heavy atom. The molecule has 0 unspecified atom stereocenters. The van der Waals surface area contributed by atoms with E-state index in [-0.39, 0.29) is 41.6 Å². The molecule has 1 aromatic carbocycles. The van der Waals surface area contributed by atoms with E-state index >= 15 is 0 Å². The number of hydrogen-bond donors (Lipinski definition) is 3. The van der Waals surface area contributed by atoms with Gasteiger partial charge in [0.05, 0.1) is 12.1 Å². The summed E-state index contributed by atoms with van der Waals surface area (Å²) in [5.41, 5.74) is 1.56. The van der Waals surface area contributed by atoms with E-state index < -0.39 is 0 Å². The molecule has 1 saturated carbocycles. The molecular weight excluding hydrogens is 356 g/mol. The Hall–Kier alpha value is -2.67. The van der Waals surface area contributed by atoms with E-state index in [2.05, 4.69) is 15.7 Å². The van der Waals surface area contributed by atoms with Crippen molar-refractivity contribution in [1.29, 1.82) is 0 Å². The van der Waals surface area contributed by atoms with Gasteiger partial charge in [-0.05, 0) is 37.7 Å². The zero-order valence-electron chi connectivity index (χ0n) is 16.6. The highest BCUT2D eigenvalue weighted by Crippen LogP contribution is 2.25. The van der Waals surface area contributed by atoms with E-state index in [9.17, 15) is 14.7 Å². The quantitative estimate of drug-likeness (QED) is 0.736. The molecule has 4 atom stereocenters. The van der Waals surface area contributed by atoms with Gasteiger partial charge in [-0.15, -0.1) is 0 Å². The molecule has 7 nitrogen and oxygen atoms in total. The van der Waals surface area contributed by atoms with Crippen molar-refractivity contribution in [2.45, 2.75) is 51.3 Å². The summed E-state index contributed by atoms with van der Waals surface area (Å²) in [7, 11) is 1.54. The molecule has 0 radical (unpaired) electrons. The summed E-state index contributed by atoms with van der Waals surface area (Å²) in [5.74, 6) is -0.435. The summed E-state index contributed by atoms with van der Waals surface area (Å²) < 4.78 is 1.61. The van der Waals surface area contributed by atoms with Crippen LogP contribution in [0.4, 0.5) is 0 Å². The molecular formula is C21H28N4O3. The minimum Gasteiger partial charge on any atom is -0.393 e. The van der Waals surface area contributed by atoms with Crippen LogP contribution in [0.2, 0.25) is 0 Å². The van der Waals surface area contributed by atoms with Crippen molar-refractivity contribution < 1.29 is 14.7 Å². The fourth-order valence-corrected chi connectivity index (χ4v) is 3.74. The van der Waals surface area contributed by atoms with Gasteiger partial charge in [0.25, 0.3) is 11.8 Å². The van der Waals surface area contributed by atoms with Gasteiger partial charge in [0.2, 0.25) is 0 Å². The molecule has 0 saturated heterocycles. The number of aliphatic hydroxyl groups is 1. The van der Waals surface area contributed by atoms with Crippen molar-refractivity contribution in [3.63, 3.8) is 0 Å². The summed E-state index contributed by atoms with van der Waals surface area (Å²) in [6.07, 6.45) is 1.84. The summed E-state index contributed by atoms with van der Waals surface area (Å²) in [5, 5.41) is 19.9. The maximum Gasteiger partial charge on any atom is 0.271 e. The van der Waals surface area contributed by atoms with Crippen LogP contribution in [-0.4, -0.2) is 45.9 Å². The van der Waals surface area contributed by atoms with Gasteiger partial charge in [0, 0.05) is 19.2 Å². The summed E-state index contributed by atoms with van der Waals surface area (Å²) in [6, 6.07) is 11.1. The van der Waals surface area contributed by atoms with Crippen LogP contribution in [0.5, 0.6) is 0 Å². The number of benzene rings is 1. The van der Waals surface area contributed by atoms with Gasteiger partial charge in [-0.1, -0.05) is 37.3 Å². The summed E-state index contributed by atoms with van der Waals surface area (Å²) >= 11 is 0. The van der Waals surface area contributed by atoms with E-state index in [0.717, 1.165) is 18.4 Å². The third-order valence-corrected chi connectivity index (χ3v) is 5.54. The van der Waals surface area contributed by atoms with Crippen LogP contribution in [0.25, 0.3) is 0 Å². The van der Waals surface area contributed by atoms with E-state index in [4.69, 9.17) is 0 Å². The second kappa shape index (κ2) is 8.56. The van der Waals surface area contributed by atoms with Crippen molar-refractivity contribution >= 4 is 11.8 Å². The predicted octanol–water partition coefficient (Wildman–Crippen LogP) is 2.13. The van der Waals surface area contributed by atoms with Crippen molar-refractivity contribution in [2.24, 2.45) is 5.92 Å². The van der Waals surface area contributed by atoms with Crippen LogP contribution >= 0.6 is 0 Å². The van der Waals surface area contributed by atoms with Gasteiger partial charge in [-0.3, -0.25) is 14.3 Å². The summed E-state index contributed by atoms with van der Waals surface area (Å²) in [4.78, 5) is 25.1. The molecule has 2 aromatic rings. The van der Waals surface area contributed by atoms with Crippen LogP contribution in [0.15, 0.2) is 36.4 Å². The Morgan fingerprint density at radius 2 is 1.93 bits per heavy atom. The maximum absolute atomic E-state index is 13.0. The number of hydrogen-bond acceptors (Lipinski definition) is 4. The number of carbonyl (C=O) groups is 2. The molecule has 1 aliphatic rings. The fourth-order valence-electron chi connectivity index (χ4n) is 3.74. The number of nitrogens with zero attached hydrogens (tertiary/aromatic N) is 2. The number of aromatic nitrogens is 2. The Balaban J connectivity index is 1.87. The first-order chi connectivity index (χ1) is 13.4. The third kappa shape index (κ3) is 4.25. The van der Waals surface area contributed by atoms with Gasteiger partial charge in [0.1, 0.15) is 5.69 Å². The van der Waals surface area contributed by atoms with Crippen LogP contribution < -0.4 is 10.6 Å². The zero-order chi connectivity index (χ0) is 20.3. The molecule has 0 spiro atoms. The largest absolute Gasteiger partial charge is 0.393 e. The Bertz CT molecular complexity index is 833. The second-order valence-electron chi connectivity index (χ2n) is 7.55. The molecule has 0 aliphatic heterocycles. The first kappa shape index (κ1) is 20.1. The van der Waals surface area contributed by atoms with E-state index in [1.54, 1.807) is 4.68 Å². The SMILES string of the molecule is CNC(=O)c1cc(C(=O)N[C@H]2CC[C@@H](O)[C@H](C)C2)n([C@@H](C)c2ccccc2)n1. The molecule has 150 valence electrons. The Labute approximate surface area is 165 Å². The van der Waals surface area contributed by atoms with E-state index in [1.165, 1.54) is 13.1 Å². The van der Waals surface area contributed by atoms with Crippen LogP contribution in [0, 0.1) is 5.92 Å². The van der Waals surface area contributed by atoms with Gasteiger partial charge in [-0.2, -0.15) is 5.10 Å². The minimum absolute atomic E-state index is 0.00438. The lowest BCUT2D eigenvalue weighted by atomic mass is 9.84. The average molecular weight is 384 g/mol. The summed E-state index contributed by atoms with van der Waals surface area (Å²) in [6.45, 7) is 3.94. The van der Waals surface area contributed by atoms with Gasteiger partial charge < -0.3 is 15.7 Å². The fraction of sp³-hybridized carbons (Fsp3) is 0.476. The first-order valence-corrected chi connectivity index (χ1v) is 9.76. The first-order valence-electron chi connectivity index (χ1n) is 9.76. The van der Waals surface area contributed by atoms with Crippen molar-refractivity contribution in [3.05, 3.63) is 53.3 Å². The van der Waals surface area contributed by atoms with Crippen LogP contribution in [0.3, 0.4) is 0 Å². The second-order valence-corrected chi connectivity index (χ2v) is 7.55. The number of nitrogens with one attached hydrogen (secondary N) is 2. The van der Waals surface area contributed by atoms with Gasteiger partial charge in [0.15, 0.2) is 5.69 Å². The molecule has 28 heavy (non-hydrogen) atoms. The van der Waals surface area contributed by atoms with Crippen molar-refractivity contribution in [1.82, 2.24) is 20.4 Å². The topological polar surface area (TPSA) is 96.3 Å². The maximum atomic E-state index is 13.0. The monoisotopic (exact) mass is 384 g/mol. The predicted molar refractivity (Wildman–Crippen MR) is 106 cm³/mol. The highest BCUT2D eigenvalue weighted by atomic mass is 16.3. The molecule has 2 amide bonds. The molecule has 1 aliphatic carbocycles. The van der Waals surface area contributed by atoms with E-state index in [1.807, 2.05) is 44.2 Å². The number of aliphatic hydroxyl groups excluding tert-OH is 1. The number of amides is 2. The molecule has 1 heterocycles. The Kier molecular flexibility index (Phi) is 6.14. The zero-order valence-corrected chi connectivity index (χ0v) is 16.6. The molecule has 3 N–H and O–H groups in total. The molecule has 3 rings (SSSR count). The van der Waals surface area contributed by atoms with Gasteiger partial charge >= 0.3 is 0 Å². The Morgan fingerprint density at radius 3 is 2.57 bits per heavy atom. The highest BCUT2D eigenvalue weighted by Gasteiger charge is 2.29. The lowest BCUT2D eigenvalue weighted by molar-refractivity contribution is 0.0612. The van der Waals surface area contributed by atoms with Crippen molar-refractivity contribution in [2.75, 3.05) is 7.05 Å². The van der Waals surface area contributed by atoms with Crippen molar-refractivity contribution in [3.8, 4) is 0 Å². The molecule has 0 bridgehead atoms. The minimum atomic E-state index is -0.331. The molecule has 1 fully saturated rings. The lowest BCUT2D eigenvalue weighted by Gasteiger charge is -2.31. The molecule has 7 heteroatoms. The highest BCUT2D eigenvalue weighted by molar-refractivity contribution is 5.98. The van der Waals surface area contributed by atoms with Crippen LogP contribution in [-0.2, 0) is 0 Å².